The number of nitrogens with zero attached hydrogens (tertiary/aromatic N) is 1. The molecule has 7 heteroatoms. The van der Waals surface area contributed by atoms with Gasteiger partial charge >= 0.3 is 5.97 Å². The maximum Gasteiger partial charge on any atom is 0.354 e. The molecule has 23 heavy (non-hydrogen) atoms. The van der Waals surface area contributed by atoms with Crippen LogP contribution in [0.15, 0.2) is 36.4 Å². The SMILES string of the molecule is O=C(O)c1cc(O)c2c3c(cc(O)c2n1)Oc1ccccc1N3. The largest absolute Gasteiger partial charge is 0.507 e. The van der Waals surface area contributed by atoms with Crippen LogP contribution in [0.25, 0.3) is 10.9 Å². The Morgan fingerprint density at radius 1 is 1.09 bits per heavy atom. The number of benzene rings is 2. The van der Waals surface area contributed by atoms with Crippen molar-refractivity contribution < 1.29 is 24.9 Å². The second-order valence-corrected chi connectivity index (χ2v) is 5.05. The number of carboxylic acids is 1. The van der Waals surface area contributed by atoms with Gasteiger partial charge in [0.05, 0.1) is 16.8 Å². The van der Waals surface area contributed by atoms with Gasteiger partial charge in [0, 0.05) is 12.1 Å². The zero-order chi connectivity index (χ0) is 16.1. The molecule has 4 N–H and O–H groups in total. The van der Waals surface area contributed by atoms with Crippen LogP contribution in [0.2, 0.25) is 0 Å². The maximum absolute atomic E-state index is 11.1. The highest BCUT2D eigenvalue weighted by Crippen LogP contribution is 2.49. The minimum atomic E-state index is -1.30. The van der Waals surface area contributed by atoms with Crippen LogP contribution in [0.3, 0.4) is 0 Å². The number of fused-ring (bicyclic) bond motifs is 4. The molecule has 114 valence electrons. The van der Waals surface area contributed by atoms with E-state index in [1.54, 1.807) is 12.1 Å². The average Bonchev–Trinajstić information content (AvgIpc) is 2.53. The van der Waals surface area contributed by atoms with Gasteiger partial charge < -0.3 is 25.4 Å². The Morgan fingerprint density at radius 3 is 2.65 bits per heavy atom. The fourth-order valence-electron chi connectivity index (χ4n) is 2.58. The summed E-state index contributed by atoms with van der Waals surface area (Å²) in [4.78, 5) is 15.0. The van der Waals surface area contributed by atoms with Crippen molar-refractivity contribution in [2.45, 2.75) is 0 Å². The van der Waals surface area contributed by atoms with E-state index in [1.165, 1.54) is 6.07 Å². The summed E-state index contributed by atoms with van der Waals surface area (Å²) >= 11 is 0. The Morgan fingerprint density at radius 2 is 1.87 bits per heavy atom. The van der Waals surface area contributed by atoms with Crippen LogP contribution in [0.1, 0.15) is 10.5 Å². The summed E-state index contributed by atoms with van der Waals surface area (Å²) < 4.78 is 5.72. The fourth-order valence-corrected chi connectivity index (χ4v) is 2.58. The summed E-state index contributed by atoms with van der Waals surface area (Å²) in [6, 6.07) is 9.56. The predicted molar refractivity (Wildman–Crippen MR) is 81.8 cm³/mol. The number of aromatic hydroxyl groups is 2. The van der Waals surface area contributed by atoms with E-state index < -0.39 is 5.97 Å². The molecule has 0 atom stereocenters. The molecule has 3 aromatic rings. The number of rotatable bonds is 1. The first-order chi connectivity index (χ1) is 11.0. The number of hydrogen-bond acceptors (Lipinski definition) is 6. The van der Waals surface area contributed by atoms with Gasteiger partial charge in [0.2, 0.25) is 0 Å². The van der Waals surface area contributed by atoms with E-state index in [0.717, 1.165) is 6.07 Å². The van der Waals surface area contributed by atoms with Crippen molar-refractivity contribution in [1.29, 1.82) is 0 Å². The Hall–Kier alpha value is -3.48. The van der Waals surface area contributed by atoms with Gasteiger partial charge in [-0.2, -0.15) is 0 Å². The van der Waals surface area contributed by atoms with Gasteiger partial charge in [0.1, 0.15) is 17.0 Å². The van der Waals surface area contributed by atoms with E-state index in [9.17, 15) is 15.0 Å². The molecule has 2 aromatic carbocycles. The van der Waals surface area contributed by atoms with Crippen LogP contribution >= 0.6 is 0 Å². The topological polar surface area (TPSA) is 112 Å². The summed E-state index contributed by atoms with van der Waals surface area (Å²) in [5, 5.41) is 32.7. The third-order valence-electron chi connectivity index (χ3n) is 3.59. The third-order valence-corrected chi connectivity index (χ3v) is 3.59. The van der Waals surface area contributed by atoms with E-state index in [4.69, 9.17) is 9.84 Å². The normalized spacial score (nSPS) is 12.0. The van der Waals surface area contributed by atoms with Crippen LogP contribution < -0.4 is 10.1 Å². The molecule has 2 heterocycles. The first kappa shape index (κ1) is 13.2. The quantitative estimate of drug-likeness (QED) is 0.399. The molecule has 0 amide bonds. The van der Waals surface area contributed by atoms with Crippen LogP contribution in [0.5, 0.6) is 23.0 Å². The molecule has 0 aliphatic carbocycles. The van der Waals surface area contributed by atoms with Crippen molar-refractivity contribution in [3.8, 4) is 23.0 Å². The number of phenolic OH excluding ortho intramolecular Hbond substituents is 1. The smallest absolute Gasteiger partial charge is 0.354 e. The van der Waals surface area contributed by atoms with E-state index in [2.05, 4.69) is 10.3 Å². The van der Waals surface area contributed by atoms with Crippen molar-refractivity contribution in [3.05, 3.63) is 42.1 Å². The fraction of sp³-hybridized carbons (Fsp3) is 0. The lowest BCUT2D eigenvalue weighted by Crippen LogP contribution is -2.05. The number of aromatic carboxylic acids is 1. The van der Waals surface area contributed by atoms with Gasteiger partial charge in [-0.05, 0) is 12.1 Å². The first-order valence-electron chi connectivity index (χ1n) is 6.71. The molecule has 0 saturated carbocycles. The number of anilines is 2. The number of para-hydroxylation sites is 2. The van der Waals surface area contributed by atoms with Gasteiger partial charge in [-0.3, -0.25) is 0 Å². The number of phenols is 1. The van der Waals surface area contributed by atoms with Crippen LogP contribution in [0, 0.1) is 0 Å². The molecule has 0 unspecified atom stereocenters. The zero-order valence-corrected chi connectivity index (χ0v) is 11.6. The molecule has 0 saturated heterocycles. The molecular formula is C16H10N2O5. The second kappa shape index (κ2) is 4.51. The number of hydrogen-bond donors (Lipinski definition) is 4. The lowest BCUT2D eigenvalue weighted by molar-refractivity contribution is 0.0690. The lowest BCUT2D eigenvalue weighted by atomic mass is 10.1. The van der Waals surface area contributed by atoms with E-state index in [0.29, 0.717) is 22.9 Å². The highest BCUT2D eigenvalue weighted by atomic mass is 16.5. The number of carbonyl (C=O) groups is 1. The number of carboxylic acid groups (broad SMARTS) is 1. The standard InChI is InChI=1S/C16H10N2O5/c19-9-5-8(16(21)22)18-14-10(20)6-12-15(13(9)14)17-7-3-1-2-4-11(7)23-12/h1-6,17,20H,(H,18,19)(H,21,22). The monoisotopic (exact) mass is 310 g/mol. The summed E-state index contributed by atoms with van der Waals surface area (Å²) in [5.74, 6) is -0.996. The Bertz CT molecular complexity index is 984. The minimum Gasteiger partial charge on any atom is -0.507 e. The molecule has 0 fully saturated rings. The van der Waals surface area contributed by atoms with Crippen molar-refractivity contribution in [2.75, 3.05) is 5.32 Å². The van der Waals surface area contributed by atoms with Crippen LogP contribution in [-0.4, -0.2) is 26.3 Å². The number of ether oxygens (including phenoxy) is 1. The van der Waals surface area contributed by atoms with Gasteiger partial charge in [-0.1, -0.05) is 12.1 Å². The van der Waals surface area contributed by atoms with E-state index in [-0.39, 0.29) is 28.1 Å². The summed E-state index contributed by atoms with van der Waals surface area (Å²) in [5.41, 5.74) is 0.728. The van der Waals surface area contributed by atoms with Crippen molar-refractivity contribution in [2.24, 2.45) is 0 Å². The van der Waals surface area contributed by atoms with Gasteiger partial charge in [-0.25, -0.2) is 9.78 Å². The molecule has 0 bridgehead atoms. The molecule has 4 rings (SSSR count). The third kappa shape index (κ3) is 1.90. The summed E-state index contributed by atoms with van der Waals surface area (Å²) in [6.45, 7) is 0. The summed E-state index contributed by atoms with van der Waals surface area (Å²) in [7, 11) is 0. The zero-order valence-electron chi connectivity index (χ0n) is 11.6. The minimum absolute atomic E-state index is 0.0170. The lowest BCUT2D eigenvalue weighted by Gasteiger charge is -2.23. The Balaban J connectivity index is 2.02. The van der Waals surface area contributed by atoms with E-state index >= 15 is 0 Å². The number of aromatic nitrogens is 1. The molecular weight excluding hydrogens is 300 g/mol. The van der Waals surface area contributed by atoms with E-state index in [1.807, 2.05) is 12.1 Å². The van der Waals surface area contributed by atoms with Crippen molar-refractivity contribution in [1.82, 2.24) is 4.98 Å². The molecule has 0 spiro atoms. The van der Waals surface area contributed by atoms with Crippen LogP contribution in [-0.2, 0) is 0 Å². The van der Waals surface area contributed by atoms with Crippen molar-refractivity contribution in [3.63, 3.8) is 0 Å². The highest BCUT2D eigenvalue weighted by molar-refractivity contribution is 6.06. The predicted octanol–water partition coefficient (Wildman–Crippen LogP) is 3.19. The number of pyridine rings is 1. The second-order valence-electron chi connectivity index (χ2n) is 5.05. The average molecular weight is 310 g/mol. The Kier molecular flexibility index (Phi) is 2.59. The van der Waals surface area contributed by atoms with Crippen molar-refractivity contribution >= 4 is 28.2 Å². The van der Waals surface area contributed by atoms with Gasteiger partial charge in [-0.15, -0.1) is 0 Å². The first-order valence-corrected chi connectivity index (χ1v) is 6.71. The molecule has 1 aliphatic rings. The van der Waals surface area contributed by atoms with Gasteiger partial charge in [0.25, 0.3) is 0 Å². The molecule has 1 aliphatic heterocycles. The molecule has 7 nitrogen and oxygen atoms in total. The van der Waals surface area contributed by atoms with Crippen LogP contribution in [0.4, 0.5) is 11.4 Å². The molecule has 1 aromatic heterocycles. The molecule has 0 radical (unpaired) electrons. The maximum atomic E-state index is 11.1. The van der Waals surface area contributed by atoms with Gasteiger partial charge in [0.15, 0.2) is 17.2 Å². The highest BCUT2D eigenvalue weighted by Gasteiger charge is 2.24. The Labute approximate surface area is 129 Å². The number of nitrogens with one attached hydrogen (secondary N) is 1. The summed E-state index contributed by atoms with van der Waals surface area (Å²) in [6.07, 6.45) is 0.